The lowest BCUT2D eigenvalue weighted by Gasteiger charge is -2.03. The van der Waals surface area contributed by atoms with Crippen LogP contribution in [0.15, 0.2) is 0 Å². The van der Waals surface area contributed by atoms with E-state index in [-0.39, 0.29) is 0 Å². The van der Waals surface area contributed by atoms with Crippen LogP contribution >= 0.6 is 0 Å². The third-order valence-corrected chi connectivity index (χ3v) is 4.37. The van der Waals surface area contributed by atoms with E-state index in [4.69, 9.17) is 0 Å². The number of carbonyl (C=O) groups is 1. The van der Waals surface area contributed by atoms with Crippen LogP contribution in [0.1, 0.15) is 123 Å². The molecule has 0 unspecified atom stereocenters. The molecular formula is C20H40O. The molecule has 1 nitrogen and oxygen atoms in total. The highest BCUT2D eigenvalue weighted by Crippen LogP contribution is 2.12. The van der Waals surface area contributed by atoms with E-state index >= 15 is 0 Å². The predicted molar refractivity (Wildman–Crippen MR) is 94.8 cm³/mol. The molecule has 0 rings (SSSR count). The number of ketones is 1. The maximum atomic E-state index is 11.7. The minimum absolute atomic E-state index is 0.508. The first-order chi connectivity index (χ1) is 10.3. The Hall–Kier alpha value is -0.330. The number of rotatable bonds is 17. The first kappa shape index (κ1) is 20.7. The third kappa shape index (κ3) is 17.6. The fourth-order valence-electron chi connectivity index (χ4n) is 2.86. The first-order valence-corrected chi connectivity index (χ1v) is 9.83. The van der Waals surface area contributed by atoms with Crippen LogP contribution in [0.2, 0.25) is 0 Å². The summed E-state index contributed by atoms with van der Waals surface area (Å²) in [5.74, 6) is 0.508. The van der Waals surface area contributed by atoms with Crippen molar-refractivity contribution in [3.8, 4) is 0 Å². The van der Waals surface area contributed by atoms with Gasteiger partial charge in [0.1, 0.15) is 5.78 Å². The second kappa shape index (κ2) is 17.7. The van der Waals surface area contributed by atoms with Crippen molar-refractivity contribution < 1.29 is 4.79 Å². The van der Waals surface area contributed by atoms with E-state index in [2.05, 4.69) is 13.8 Å². The largest absolute Gasteiger partial charge is 0.300 e. The maximum Gasteiger partial charge on any atom is 0.132 e. The molecule has 0 aromatic heterocycles. The molecule has 0 fully saturated rings. The molecule has 1 heteroatoms. The molecule has 0 N–H and O–H groups in total. The zero-order valence-electron chi connectivity index (χ0n) is 14.9. The Morgan fingerprint density at radius 2 is 0.762 bits per heavy atom. The van der Waals surface area contributed by atoms with Crippen molar-refractivity contribution in [2.24, 2.45) is 0 Å². The molecule has 21 heavy (non-hydrogen) atoms. The number of Topliss-reactive ketones (excluding diaryl/α,β-unsaturated/α-hetero) is 1. The summed E-state index contributed by atoms with van der Waals surface area (Å²) in [5, 5.41) is 0. The van der Waals surface area contributed by atoms with Crippen molar-refractivity contribution in [3.63, 3.8) is 0 Å². The summed E-state index contributed by atoms with van der Waals surface area (Å²) in [6.07, 6.45) is 21.4. The van der Waals surface area contributed by atoms with Crippen LogP contribution in [0, 0.1) is 0 Å². The van der Waals surface area contributed by atoms with Gasteiger partial charge in [-0.1, -0.05) is 97.3 Å². The van der Waals surface area contributed by atoms with Gasteiger partial charge in [-0.05, 0) is 12.8 Å². The van der Waals surface area contributed by atoms with Gasteiger partial charge in [-0.25, -0.2) is 0 Å². The van der Waals surface area contributed by atoms with Crippen LogP contribution in [-0.2, 0) is 4.79 Å². The van der Waals surface area contributed by atoms with E-state index < -0.39 is 0 Å². The van der Waals surface area contributed by atoms with Gasteiger partial charge in [-0.2, -0.15) is 0 Å². The first-order valence-electron chi connectivity index (χ1n) is 9.83. The second-order valence-electron chi connectivity index (χ2n) is 6.63. The van der Waals surface area contributed by atoms with Gasteiger partial charge in [0.2, 0.25) is 0 Å². The molecule has 0 aliphatic rings. The fraction of sp³-hybridized carbons (Fsp3) is 0.950. The minimum Gasteiger partial charge on any atom is -0.300 e. The molecule has 0 saturated carbocycles. The lowest BCUT2D eigenvalue weighted by molar-refractivity contribution is -0.119. The highest BCUT2D eigenvalue weighted by Gasteiger charge is 2.01. The van der Waals surface area contributed by atoms with Gasteiger partial charge in [0.15, 0.2) is 0 Å². The smallest absolute Gasteiger partial charge is 0.132 e. The molecule has 0 aromatic rings. The highest BCUT2D eigenvalue weighted by atomic mass is 16.1. The normalized spacial score (nSPS) is 11.0. The zero-order valence-corrected chi connectivity index (χ0v) is 14.9. The molecule has 0 atom stereocenters. The van der Waals surface area contributed by atoms with Crippen LogP contribution in [-0.4, -0.2) is 5.78 Å². The average Bonchev–Trinajstić information content (AvgIpc) is 2.49. The van der Waals surface area contributed by atoms with Crippen molar-refractivity contribution >= 4 is 5.78 Å². The summed E-state index contributed by atoms with van der Waals surface area (Å²) in [6, 6.07) is 0. The Labute approximate surface area is 134 Å². The van der Waals surface area contributed by atoms with Gasteiger partial charge in [0.25, 0.3) is 0 Å². The molecular weight excluding hydrogens is 256 g/mol. The number of unbranched alkanes of at least 4 members (excludes halogenated alkanes) is 13. The molecule has 0 aromatic carbocycles. The fourth-order valence-corrected chi connectivity index (χ4v) is 2.86. The van der Waals surface area contributed by atoms with E-state index in [1.54, 1.807) is 0 Å². The maximum absolute atomic E-state index is 11.7. The number of hydrogen-bond donors (Lipinski definition) is 0. The van der Waals surface area contributed by atoms with Crippen molar-refractivity contribution in [2.45, 2.75) is 123 Å². The second-order valence-corrected chi connectivity index (χ2v) is 6.63. The van der Waals surface area contributed by atoms with Gasteiger partial charge >= 0.3 is 0 Å². The van der Waals surface area contributed by atoms with Crippen LogP contribution in [0.3, 0.4) is 0 Å². The van der Waals surface area contributed by atoms with E-state index in [0.717, 1.165) is 25.7 Å². The molecule has 0 bridgehead atoms. The standard InChI is InChI=1S/C20H40O/c1-3-5-7-9-11-12-13-15-17-19-20(21)18-16-14-10-8-6-4-2/h3-19H2,1-2H3. The summed E-state index contributed by atoms with van der Waals surface area (Å²) in [5.41, 5.74) is 0. The minimum atomic E-state index is 0.508. The number of hydrogen-bond acceptors (Lipinski definition) is 1. The lowest BCUT2D eigenvalue weighted by atomic mass is 10.0. The van der Waals surface area contributed by atoms with Crippen LogP contribution in [0.5, 0.6) is 0 Å². The summed E-state index contributed by atoms with van der Waals surface area (Å²) >= 11 is 0. The zero-order chi connectivity index (χ0) is 15.6. The van der Waals surface area contributed by atoms with Crippen LogP contribution in [0.4, 0.5) is 0 Å². The Balaban J connectivity index is 3.12. The topological polar surface area (TPSA) is 17.1 Å². The van der Waals surface area contributed by atoms with Gasteiger partial charge in [-0.3, -0.25) is 4.79 Å². The summed E-state index contributed by atoms with van der Waals surface area (Å²) in [6.45, 7) is 4.51. The molecule has 0 radical (unpaired) electrons. The van der Waals surface area contributed by atoms with Crippen LogP contribution < -0.4 is 0 Å². The number of carbonyl (C=O) groups excluding carboxylic acids is 1. The lowest BCUT2D eigenvalue weighted by Crippen LogP contribution is -1.97. The van der Waals surface area contributed by atoms with Crippen LogP contribution in [0.25, 0.3) is 0 Å². The SMILES string of the molecule is CCCCCCCCCCCC(=O)CCCCCCCC. The van der Waals surface area contributed by atoms with Crippen molar-refractivity contribution in [2.75, 3.05) is 0 Å². The van der Waals surface area contributed by atoms with E-state index in [1.807, 2.05) is 0 Å². The van der Waals surface area contributed by atoms with Gasteiger partial charge < -0.3 is 0 Å². The molecule has 0 amide bonds. The van der Waals surface area contributed by atoms with Gasteiger partial charge in [0.05, 0.1) is 0 Å². The molecule has 0 spiro atoms. The quantitative estimate of drug-likeness (QED) is 0.259. The van der Waals surface area contributed by atoms with Crippen molar-refractivity contribution in [1.82, 2.24) is 0 Å². The summed E-state index contributed by atoms with van der Waals surface area (Å²) in [4.78, 5) is 11.7. The molecule has 0 heterocycles. The van der Waals surface area contributed by atoms with Crippen molar-refractivity contribution in [1.29, 1.82) is 0 Å². The van der Waals surface area contributed by atoms with E-state index in [0.29, 0.717) is 5.78 Å². The summed E-state index contributed by atoms with van der Waals surface area (Å²) in [7, 11) is 0. The average molecular weight is 297 g/mol. The van der Waals surface area contributed by atoms with Gasteiger partial charge in [-0.15, -0.1) is 0 Å². The highest BCUT2D eigenvalue weighted by molar-refractivity contribution is 5.78. The molecule has 0 aliphatic carbocycles. The Bertz CT molecular complexity index is 210. The Morgan fingerprint density at radius 3 is 1.10 bits per heavy atom. The van der Waals surface area contributed by atoms with E-state index in [9.17, 15) is 4.79 Å². The molecule has 126 valence electrons. The van der Waals surface area contributed by atoms with E-state index in [1.165, 1.54) is 83.5 Å². The monoisotopic (exact) mass is 296 g/mol. The summed E-state index contributed by atoms with van der Waals surface area (Å²) < 4.78 is 0. The molecule has 0 saturated heterocycles. The van der Waals surface area contributed by atoms with Gasteiger partial charge in [0, 0.05) is 12.8 Å². The van der Waals surface area contributed by atoms with Crippen molar-refractivity contribution in [3.05, 3.63) is 0 Å². The Kier molecular flexibility index (Phi) is 17.4. The third-order valence-electron chi connectivity index (χ3n) is 4.37. The Morgan fingerprint density at radius 1 is 0.476 bits per heavy atom. The molecule has 0 aliphatic heterocycles. The predicted octanol–water partition coefficient (Wildman–Crippen LogP) is 7.23.